The lowest BCUT2D eigenvalue weighted by Gasteiger charge is -2.32. The summed E-state index contributed by atoms with van der Waals surface area (Å²) in [6.45, 7) is 8.13. The molecule has 1 aliphatic heterocycles. The van der Waals surface area contributed by atoms with Crippen LogP contribution >= 0.6 is 0 Å². The van der Waals surface area contributed by atoms with Gasteiger partial charge in [0.25, 0.3) is 10.2 Å². The number of rotatable bonds is 11. The van der Waals surface area contributed by atoms with Crippen molar-refractivity contribution in [2.75, 3.05) is 32.7 Å². The minimum absolute atomic E-state index is 0.446. The lowest BCUT2D eigenvalue weighted by Crippen LogP contribution is -2.47. The summed E-state index contributed by atoms with van der Waals surface area (Å²) in [6.07, 6.45) is 7.59. The lowest BCUT2D eigenvalue weighted by molar-refractivity contribution is 0.258. The first-order valence-corrected chi connectivity index (χ1v) is 9.99. The fourth-order valence-electron chi connectivity index (χ4n) is 2.74. The minimum Gasteiger partial charge on any atom is -0.316 e. The van der Waals surface area contributed by atoms with Crippen molar-refractivity contribution in [1.82, 2.24) is 14.3 Å². The quantitative estimate of drug-likeness (QED) is 0.573. The number of hydrogen-bond acceptors (Lipinski definition) is 3. The van der Waals surface area contributed by atoms with Gasteiger partial charge < -0.3 is 5.32 Å². The molecule has 126 valence electrons. The van der Waals surface area contributed by atoms with E-state index in [2.05, 4.69) is 23.9 Å². The highest BCUT2D eigenvalue weighted by Crippen LogP contribution is 2.18. The van der Waals surface area contributed by atoms with Gasteiger partial charge in [-0.25, -0.2) is 4.72 Å². The Balaban J connectivity index is 2.32. The van der Waals surface area contributed by atoms with E-state index in [4.69, 9.17) is 0 Å². The van der Waals surface area contributed by atoms with Crippen LogP contribution in [0.5, 0.6) is 0 Å². The van der Waals surface area contributed by atoms with Gasteiger partial charge in [0, 0.05) is 19.6 Å². The molecule has 1 fully saturated rings. The summed E-state index contributed by atoms with van der Waals surface area (Å²) >= 11 is 0. The van der Waals surface area contributed by atoms with Crippen LogP contribution < -0.4 is 10.0 Å². The predicted octanol–water partition coefficient (Wildman–Crippen LogP) is 2.11. The molecular formula is C15H33N3O2S. The van der Waals surface area contributed by atoms with E-state index in [9.17, 15) is 8.42 Å². The first-order chi connectivity index (χ1) is 10.1. The van der Waals surface area contributed by atoms with Gasteiger partial charge >= 0.3 is 0 Å². The van der Waals surface area contributed by atoms with Crippen LogP contribution in [-0.4, -0.2) is 45.4 Å². The van der Waals surface area contributed by atoms with Crippen molar-refractivity contribution in [2.45, 2.75) is 58.8 Å². The SMILES string of the molecule is CCCCCCNS(=O)(=O)N1CCCC(CNCCC)C1. The standard InChI is InChI=1S/C15H33N3O2S/c1-3-5-6-7-11-17-21(19,20)18-12-8-9-15(14-18)13-16-10-4-2/h15-17H,3-14H2,1-2H3. The third-order valence-corrected chi connectivity index (χ3v) is 5.58. The average Bonchev–Trinajstić information content (AvgIpc) is 2.48. The Kier molecular flexibility index (Phi) is 9.47. The maximum absolute atomic E-state index is 12.3. The van der Waals surface area contributed by atoms with Crippen molar-refractivity contribution in [3.05, 3.63) is 0 Å². The largest absolute Gasteiger partial charge is 0.316 e. The molecule has 0 saturated carbocycles. The van der Waals surface area contributed by atoms with Gasteiger partial charge in [-0.2, -0.15) is 12.7 Å². The number of nitrogens with one attached hydrogen (secondary N) is 2. The van der Waals surface area contributed by atoms with Crippen LogP contribution in [0.3, 0.4) is 0 Å². The van der Waals surface area contributed by atoms with E-state index in [1.165, 1.54) is 12.8 Å². The molecule has 0 aliphatic carbocycles. The topological polar surface area (TPSA) is 61.4 Å². The van der Waals surface area contributed by atoms with Crippen molar-refractivity contribution >= 4 is 10.2 Å². The highest BCUT2D eigenvalue weighted by molar-refractivity contribution is 7.87. The Morgan fingerprint density at radius 2 is 1.90 bits per heavy atom. The minimum atomic E-state index is -3.28. The molecule has 5 nitrogen and oxygen atoms in total. The van der Waals surface area contributed by atoms with Crippen LogP contribution in [0, 0.1) is 5.92 Å². The molecule has 0 aromatic carbocycles. The molecule has 21 heavy (non-hydrogen) atoms. The second-order valence-electron chi connectivity index (χ2n) is 6.03. The molecule has 0 radical (unpaired) electrons. The third-order valence-electron chi connectivity index (χ3n) is 4.00. The molecule has 6 heteroatoms. The summed E-state index contributed by atoms with van der Waals surface area (Å²) < 4.78 is 29.0. The third kappa shape index (κ3) is 7.58. The monoisotopic (exact) mass is 319 g/mol. The van der Waals surface area contributed by atoms with E-state index in [0.717, 1.165) is 45.2 Å². The molecule has 1 atom stereocenters. The Morgan fingerprint density at radius 3 is 2.62 bits per heavy atom. The van der Waals surface area contributed by atoms with Crippen LogP contribution in [-0.2, 0) is 10.2 Å². The molecule has 1 rings (SSSR count). The maximum Gasteiger partial charge on any atom is 0.279 e. The van der Waals surface area contributed by atoms with E-state index in [0.29, 0.717) is 25.6 Å². The van der Waals surface area contributed by atoms with Crippen molar-refractivity contribution in [3.8, 4) is 0 Å². The summed E-state index contributed by atoms with van der Waals surface area (Å²) in [6, 6.07) is 0. The van der Waals surface area contributed by atoms with Gasteiger partial charge in [-0.15, -0.1) is 0 Å². The summed E-state index contributed by atoms with van der Waals surface area (Å²) in [5.74, 6) is 0.446. The van der Waals surface area contributed by atoms with Gasteiger partial charge in [0.15, 0.2) is 0 Å². The van der Waals surface area contributed by atoms with Gasteiger partial charge in [0.2, 0.25) is 0 Å². The van der Waals surface area contributed by atoms with Gasteiger partial charge in [-0.3, -0.25) is 0 Å². The molecule has 0 spiro atoms. The van der Waals surface area contributed by atoms with Crippen LogP contribution in [0.1, 0.15) is 58.8 Å². The van der Waals surface area contributed by atoms with Crippen LogP contribution in [0.15, 0.2) is 0 Å². The molecule has 0 amide bonds. The summed E-state index contributed by atoms with van der Waals surface area (Å²) in [5, 5.41) is 3.40. The lowest BCUT2D eigenvalue weighted by atomic mass is 10.00. The molecule has 1 saturated heterocycles. The van der Waals surface area contributed by atoms with Gasteiger partial charge in [-0.05, 0) is 44.7 Å². The predicted molar refractivity (Wildman–Crippen MR) is 88.5 cm³/mol. The molecular weight excluding hydrogens is 286 g/mol. The Hall–Kier alpha value is -0.170. The molecule has 1 aliphatic rings. The second kappa shape index (κ2) is 10.5. The van der Waals surface area contributed by atoms with E-state index in [-0.39, 0.29) is 0 Å². The molecule has 0 bridgehead atoms. The Bertz CT molecular complexity index is 360. The first-order valence-electron chi connectivity index (χ1n) is 8.55. The smallest absolute Gasteiger partial charge is 0.279 e. The van der Waals surface area contributed by atoms with Crippen molar-refractivity contribution in [3.63, 3.8) is 0 Å². The highest BCUT2D eigenvalue weighted by Gasteiger charge is 2.28. The molecule has 2 N–H and O–H groups in total. The zero-order valence-corrected chi connectivity index (χ0v) is 14.6. The van der Waals surface area contributed by atoms with Crippen molar-refractivity contribution in [1.29, 1.82) is 0 Å². The van der Waals surface area contributed by atoms with Crippen LogP contribution in [0.25, 0.3) is 0 Å². The summed E-state index contributed by atoms with van der Waals surface area (Å²) in [5.41, 5.74) is 0. The van der Waals surface area contributed by atoms with Crippen LogP contribution in [0.2, 0.25) is 0 Å². The number of hydrogen-bond donors (Lipinski definition) is 2. The van der Waals surface area contributed by atoms with Gasteiger partial charge in [0.05, 0.1) is 0 Å². The zero-order chi connectivity index (χ0) is 15.6. The number of unbranched alkanes of at least 4 members (excludes halogenated alkanes) is 3. The average molecular weight is 320 g/mol. The maximum atomic E-state index is 12.3. The van der Waals surface area contributed by atoms with Crippen LogP contribution in [0.4, 0.5) is 0 Å². The number of piperidine rings is 1. The molecule has 1 unspecified atom stereocenters. The molecule has 0 aromatic rings. The van der Waals surface area contributed by atoms with E-state index in [1.54, 1.807) is 4.31 Å². The van der Waals surface area contributed by atoms with E-state index < -0.39 is 10.2 Å². The van der Waals surface area contributed by atoms with E-state index in [1.807, 2.05) is 0 Å². The van der Waals surface area contributed by atoms with E-state index >= 15 is 0 Å². The summed E-state index contributed by atoms with van der Waals surface area (Å²) in [4.78, 5) is 0. The highest BCUT2D eigenvalue weighted by atomic mass is 32.2. The Labute approximate surface area is 131 Å². The second-order valence-corrected chi connectivity index (χ2v) is 7.79. The molecule has 1 heterocycles. The molecule has 0 aromatic heterocycles. The fourth-order valence-corrected chi connectivity index (χ4v) is 4.10. The Morgan fingerprint density at radius 1 is 1.10 bits per heavy atom. The first kappa shape index (κ1) is 18.9. The normalized spacial score (nSPS) is 20.8. The van der Waals surface area contributed by atoms with Gasteiger partial charge in [-0.1, -0.05) is 33.1 Å². The van der Waals surface area contributed by atoms with Crippen molar-refractivity contribution in [2.24, 2.45) is 5.92 Å². The fraction of sp³-hybridized carbons (Fsp3) is 1.00. The number of nitrogens with zero attached hydrogens (tertiary/aromatic N) is 1. The zero-order valence-electron chi connectivity index (χ0n) is 13.7. The van der Waals surface area contributed by atoms with Gasteiger partial charge in [0.1, 0.15) is 0 Å². The van der Waals surface area contributed by atoms with Crippen molar-refractivity contribution < 1.29 is 8.42 Å². The summed E-state index contributed by atoms with van der Waals surface area (Å²) in [7, 11) is -3.28.